The first-order valence-electron chi connectivity index (χ1n) is 8.08. The van der Waals surface area contributed by atoms with E-state index in [1.54, 1.807) is 16.9 Å². The maximum Gasteiger partial charge on any atom is 0.280 e. The van der Waals surface area contributed by atoms with Gasteiger partial charge in [0, 0.05) is 19.6 Å². The van der Waals surface area contributed by atoms with Crippen molar-refractivity contribution < 1.29 is 8.91 Å². The first kappa shape index (κ1) is 18.4. The van der Waals surface area contributed by atoms with Crippen LogP contribution in [0, 0.1) is 5.82 Å². The number of aromatic nitrogens is 5. The summed E-state index contributed by atoms with van der Waals surface area (Å²) < 4.78 is 20.2. The third kappa shape index (κ3) is 3.90. The Bertz CT molecular complexity index is 868. The maximum absolute atomic E-state index is 13.3. The summed E-state index contributed by atoms with van der Waals surface area (Å²) in [6, 6.07) is 6.46. The van der Waals surface area contributed by atoms with Gasteiger partial charge in [-0.15, -0.1) is 17.5 Å². The molecular weight excluding hydrogens is 361 g/mol. The van der Waals surface area contributed by atoms with Crippen LogP contribution in [0.25, 0.3) is 11.6 Å². The molecule has 1 unspecified atom stereocenters. The lowest BCUT2D eigenvalue weighted by atomic mass is 10.2. The van der Waals surface area contributed by atoms with E-state index >= 15 is 0 Å². The van der Waals surface area contributed by atoms with Crippen LogP contribution in [-0.2, 0) is 6.54 Å². The van der Waals surface area contributed by atoms with Gasteiger partial charge in [-0.3, -0.25) is 4.90 Å². The Morgan fingerprint density at radius 1 is 1.38 bits per heavy atom. The number of benzene rings is 1. The number of halogens is 2. The maximum atomic E-state index is 13.3. The Kier molecular flexibility index (Phi) is 5.60. The summed E-state index contributed by atoms with van der Waals surface area (Å²) in [4.78, 5) is 6.64. The molecule has 3 heterocycles. The average molecular weight is 380 g/mol. The number of nitrogens with zero attached hydrogens (tertiary/aromatic N) is 6. The zero-order chi connectivity index (χ0) is 17.2. The van der Waals surface area contributed by atoms with Crippen LogP contribution in [0.2, 0.25) is 0 Å². The molecular formula is C16H19ClFN7O. The van der Waals surface area contributed by atoms with Crippen molar-refractivity contribution in [3.05, 3.63) is 47.7 Å². The second kappa shape index (κ2) is 7.90. The second-order valence-corrected chi connectivity index (χ2v) is 6.09. The van der Waals surface area contributed by atoms with Crippen molar-refractivity contribution in [1.29, 1.82) is 0 Å². The fourth-order valence-electron chi connectivity index (χ4n) is 2.86. The summed E-state index contributed by atoms with van der Waals surface area (Å²) in [5, 5.41) is 15.5. The van der Waals surface area contributed by atoms with Crippen LogP contribution in [-0.4, -0.2) is 56.7 Å². The highest BCUT2D eigenvalue weighted by atomic mass is 35.5. The molecule has 8 nitrogen and oxygen atoms in total. The molecule has 0 bridgehead atoms. The number of likely N-dealkylation sites (N-methyl/N-ethyl adjacent to an activating group) is 1. The molecule has 0 amide bonds. The quantitative estimate of drug-likeness (QED) is 0.735. The number of nitrogens with one attached hydrogen (secondary N) is 1. The zero-order valence-electron chi connectivity index (χ0n) is 14.2. The highest BCUT2D eigenvalue weighted by Gasteiger charge is 2.26. The van der Waals surface area contributed by atoms with Crippen LogP contribution in [0.5, 0.6) is 0 Å². The van der Waals surface area contributed by atoms with E-state index < -0.39 is 0 Å². The molecule has 1 N–H and O–H groups in total. The van der Waals surface area contributed by atoms with Gasteiger partial charge < -0.3 is 9.84 Å². The molecule has 1 aromatic carbocycles. The Morgan fingerprint density at radius 2 is 2.27 bits per heavy atom. The van der Waals surface area contributed by atoms with E-state index in [1.807, 2.05) is 13.1 Å². The van der Waals surface area contributed by atoms with Crippen molar-refractivity contribution in [1.82, 2.24) is 35.4 Å². The van der Waals surface area contributed by atoms with E-state index in [-0.39, 0.29) is 24.3 Å². The molecule has 10 heteroatoms. The predicted molar refractivity (Wildman–Crippen MR) is 94.3 cm³/mol. The monoisotopic (exact) mass is 379 g/mol. The lowest BCUT2D eigenvalue weighted by Gasteiger charge is -2.30. The molecule has 0 saturated carbocycles. The van der Waals surface area contributed by atoms with Crippen LogP contribution in [0.4, 0.5) is 4.39 Å². The Balaban J connectivity index is 0.00000196. The van der Waals surface area contributed by atoms with E-state index in [4.69, 9.17) is 4.52 Å². The highest BCUT2D eigenvalue weighted by molar-refractivity contribution is 5.85. The van der Waals surface area contributed by atoms with Crippen molar-refractivity contribution in [3.8, 4) is 11.6 Å². The van der Waals surface area contributed by atoms with Crippen LogP contribution < -0.4 is 5.32 Å². The fraction of sp³-hybridized carbons (Fsp3) is 0.375. The van der Waals surface area contributed by atoms with Gasteiger partial charge in [0.2, 0.25) is 0 Å². The third-order valence-electron chi connectivity index (χ3n) is 4.24. The summed E-state index contributed by atoms with van der Waals surface area (Å²) in [6.45, 7) is 3.08. The lowest BCUT2D eigenvalue weighted by Crippen LogP contribution is -2.44. The molecule has 138 valence electrons. The minimum atomic E-state index is -0.274. The van der Waals surface area contributed by atoms with Gasteiger partial charge in [0.25, 0.3) is 5.89 Å². The van der Waals surface area contributed by atoms with Crippen molar-refractivity contribution >= 4 is 12.4 Å². The van der Waals surface area contributed by atoms with Crippen molar-refractivity contribution in [2.24, 2.45) is 0 Å². The SMILES string of the molecule is CN1CCNCC1c1noc(-c2cn(Cc3cccc(F)c3)nn2)n1.Cl. The Hall–Kier alpha value is -2.36. The Morgan fingerprint density at radius 3 is 3.08 bits per heavy atom. The largest absolute Gasteiger partial charge is 0.332 e. The molecule has 4 rings (SSSR count). The molecule has 0 aliphatic carbocycles. The molecule has 1 aliphatic rings. The molecule has 2 aromatic heterocycles. The lowest BCUT2D eigenvalue weighted by molar-refractivity contribution is 0.190. The summed E-state index contributed by atoms with van der Waals surface area (Å²) in [5.41, 5.74) is 1.30. The summed E-state index contributed by atoms with van der Waals surface area (Å²) in [5.74, 6) is 0.688. The summed E-state index contributed by atoms with van der Waals surface area (Å²) in [6.07, 6.45) is 1.71. The predicted octanol–water partition coefficient (Wildman–Crippen LogP) is 1.51. The molecule has 0 spiro atoms. The molecule has 1 atom stereocenters. The van der Waals surface area contributed by atoms with E-state index in [0.717, 1.165) is 25.2 Å². The second-order valence-electron chi connectivity index (χ2n) is 6.09. The van der Waals surface area contributed by atoms with Crippen LogP contribution in [0.15, 0.2) is 35.0 Å². The van der Waals surface area contributed by atoms with Crippen LogP contribution in [0.1, 0.15) is 17.4 Å². The number of hydrogen-bond donors (Lipinski definition) is 1. The fourth-order valence-corrected chi connectivity index (χ4v) is 2.86. The van der Waals surface area contributed by atoms with Gasteiger partial charge >= 0.3 is 0 Å². The van der Waals surface area contributed by atoms with Gasteiger partial charge in [0.05, 0.1) is 18.8 Å². The molecule has 1 saturated heterocycles. The van der Waals surface area contributed by atoms with Crippen molar-refractivity contribution in [3.63, 3.8) is 0 Å². The standard InChI is InChI=1S/C16H18FN7O.ClH/c1-23-6-5-18-8-14(23)15-19-16(25-21-15)13-10-24(22-20-13)9-11-3-2-4-12(17)7-11;/h2-4,7,10,14,18H,5-6,8-9H2,1H3;1H. The summed E-state index contributed by atoms with van der Waals surface area (Å²) >= 11 is 0. The normalized spacial score (nSPS) is 17.8. The number of rotatable bonds is 4. The molecule has 3 aromatic rings. The molecule has 1 fully saturated rings. The van der Waals surface area contributed by atoms with Gasteiger partial charge in [0.15, 0.2) is 11.5 Å². The van der Waals surface area contributed by atoms with Crippen molar-refractivity contribution in [2.45, 2.75) is 12.6 Å². The average Bonchev–Trinajstić information content (AvgIpc) is 3.24. The van der Waals surface area contributed by atoms with Gasteiger partial charge in [-0.25, -0.2) is 9.07 Å². The molecule has 1 aliphatic heterocycles. The zero-order valence-corrected chi connectivity index (χ0v) is 15.0. The minimum Gasteiger partial charge on any atom is -0.332 e. The van der Waals surface area contributed by atoms with E-state index in [0.29, 0.717) is 24.0 Å². The Labute approximate surface area is 155 Å². The molecule has 26 heavy (non-hydrogen) atoms. The van der Waals surface area contributed by atoms with E-state index in [1.165, 1.54) is 12.1 Å². The number of piperazine rings is 1. The van der Waals surface area contributed by atoms with Crippen LogP contribution >= 0.6 is 12.4 Å². The minimum absolute atomic E-state index is 0. The van der Waals surface area contributed by atoms with Gasteiger partial charge in [0.1, 0.15) is 5.82 Å². The van der Waals surface area contributed by atoms with Gasteiger partial charge in [-0.1, -0.05) is 22.5 Å². The third-order valence-corrected chi connectivity index (χ3v) is 4.24. The topological polar surface area (TPSA) is 84.9 Å². The highest BCUT2D eigenvalue weighted by Crippen LogP contribution is 2.21. The van der Waals surface area contributed by atoms with Crippen LogP contribution in [0.3, 0.4) is 0 Å². The van der Waals surface area contributed by atoms with Gasteiger partial charge in [-0.2, -0.15) is 4.98 Å². The van der Waals surface area contributed by atoms with E-state index in [9.17, 15) is 4.39 Å². The molecule has 0 radical (unpaired) electrons. The van der Waals surface area contributed by atoms with Crippen molar-refractivity contribution in [2.75, 3.05) is 26.7 Å². The van der Waals surface area contributed by atoms with Gasteiger partial charge in [-0.05, 0) is 24.7 Å². The smallest absolute Gasteiger partial charge is 0.280 e. The van der Waals surface area contributed by atoms with E-state index in [2.05, 4.69) is 30.7 Å². The number of hydrogen-bond acceptors (Lipinski definition) is 7. The first-order valence-corrected chi connectivity index (χ1v) is 8.08. The summed E-state index contributed by atoms with van der Waals surface area (Å²) in [7, 11) is 2.04. The first-order chi connectivity index (χ1) is 12.2.